The summed E-state index contributed by atoms with van der Waals surface area (Å²) >= 11 is 0. The molecule has 14 heteroatoms. The molecule has 0 aliphatic carbocycles. The first-order chi connectivity index (χ1) is 18.1. The van der Waals surface area contributed by atoms with Crippen LogP contribution >= 0.6 is 0 Å². The fourth-order valence-corrected chi connectivity index (χ4v) is 2.84. The molecule has 2 aromatic carbocycles. The molecule has 200 valence electrons. The number of aliphatic hydroxyl groups excluding tert-OH is 2. The lowest BCUT2D eigenvalue weighted by molar-refractivity contribution is -0.165. The zero-order chi connectivity index (χ0) is 28.2. The minimum atomic E-state index is -2.27. The van der Waals surface area contributed by atoms with Crippen LogP contribution in [0.15, 0.2) is 42.7 Å². The van der Waals surface area contributed by atoms with E-state index >= 15 is 0 Å². The fourth-order valence-electron chi connectivity index (χ4n) is 2.84. The van der Waals surface area contributed by atoms with Crippen molar-refractivity contribution < 1.29 is 49.5 Å². The molecule has 7 N–H and O–H groups in total. The maximum atomic E-state index is 11.2. The van der Waals surface area contributed by atoms with Crippen molar-refractivity contribution in [1.29, 1.82) is 0 Å². The number of hydrogen-bond acceptors (Lipinski definition) is 11. The summed E-state index contributed by atoms with van der Waals surface area (Å²) < 4.78 is 11.0. The van der Waals surface area contributed by atoms with E-state index in [4.69, 9.17) is 41.5 Å². The predicted molar refractivity (Wildman–Crippen MR) is 131 cm³/mol. The van der Waals surface area contributed by atoms with Gasteiger partial charge in [0.05, 0.1) is 25.7 Å². The van der Waals surface area contributed by atoms with E-state index in [0.717, 1.165) is 11.3 Å². The van der Waals surface area contributed by atoms with E-state index in [1.165, 1.54) is 13.4 Å². The number of anilines is 2. The first-order valence-electron chi connectivity index (χ1n) is 10.6. The van der Waals surface area contributed by atoms with Gasteiger partial charge < -0.3 is 35.2 Å². The van der Waals surface area contributed by atoms with Crippen LogP contribution in [0.5, 0.6) is 11.5 Å². The molecule has 0 radical (unpaired) electrons. The Labute approximate surface area is 215 Å². The van der Waals surface area contributed by atoms with Gasteiger partial charge in [0.1, 0.15) is 12.1 Å². The predicted octanol–water partition coefficient (Wildman–Crippen LogP) is 0.515. The summed E-state index contributed by atoms with van der Waals surface area (Å²) in [4.78, 5) is 39.3. The molecule has 2 unspecified atom stereocenters. The van der Waals surface area contributed by atoms with E-state index in [1.54, 1.807) is 17.6 Å². The average molecular weight is 528 g/mol. The van der Waals surface area contributed by atoms with Crippen LogP contribution in [0.3, 0.4) is 0 Å². The second kappa shape index (κ2) is 13.9. The first kappa shape index (κ1) is 29.3. The Morgan fingerprint density at radius 3 is 2.32 bits per heavy atom. The number of benzene rings is 2. The Morgan fingerprint density at radius 2 is 1.74 bits per heavy atom. The molecular formula is C24H24N4O10. The van der Waals surface area contributed by atoms with E-state index in [1.807, 2.05) is 24.3 Å². The number of carboxylic acids is 2. The largest absolute Gasteiger partial charge is 0.493 e. The third kappa shape index (κ3) is 8.03. The summed E-state index contributed by atoms with van der Waals surface area (Å²) in [6.45, 7) is 0.0644. The highest BCUT2D eigenvalue weighted by Crippen LogP contribution is 2.34. The number of nitrogens with zero attached hydrogens (tertiary/aromatic N) is 2. The number of fused-ring (bicyclic) bond motifs is 1. The summed E-state index contributed by atoms with van der Waals surface area (Å²) in [5, 5.41) is 45.0. The Morgan fingerprint density at radius 1 is 1.05 bits per heavy atom. The number of methoxy groups -OCH3 is 1. The van der Waals surface area contributed by atoms with Gasteiger partial charge in [0, 0.05) is 22.7 Å². The molecule has 2 atom stereocenters. The summed E-state index contributed by atoms with van der Waals surface area (Å²) in [7, 11) is 1.51. The van der Waals surface area contributed by atoms with Crippen LogP contribution in [0.25, 0.3) is 10.9 Å². The van der Waals surface area contributed by atoms with Crippen molar-refractivity contribution in [3.63, 3.8) is 0 Å². The summed E-state index contributed by atoms with van der Waals surface area (Å²) in [6, 6.07) is 10.9. The minimum Gasteiger partial charge on any atom is -0.493 e. The maximum absolute atomic E-state index is 11.2. The fraction of sp³-hybridized carbons (Fsp3) is 0.208. The smallest absolute Gasteiger partial charge is 0.335 e. The molecule has 0 saturated carbocycles. The number of rotatable bonds is 10. The number of carboxylic acid groups (broad SMARTS) is 2. The molecule has 3 aromatic rings. The Bertz CT molecular complexity index is 1320. The van der Waals surface area contributed by atoms with Gasteiger partial charge in [-0.05, 0) is 24.3 Å². The zero-order valence-corrected chi connectivity index (χ0v) is 19.9. The standard InChI is InChI=1S/C20H18N4O4.C4H6O6/c1-3-13-5-4-6-14(9-13)23-20-15-10-18(28-8-7-19(25)24-26)17(27-2)11-16(15)21-12-22-20;5-1(3(7)8)2(6)4(9)10/h1,4-6,9-12,26H,7-8H2,2H3,(H,24,25)(H,21,22,23);1-2,5-6H,(H,7,8)(H,9,10). The number of nitrogens with one attached hydrogen (secondary N) is 2. The van der Waals surface area contributed by atoms with Gasteiger partial charge in [0.15, 0.2) is 23.7 Å². The zero-order valence-electron chi connectivity index (χ0n) is 19.9. The van der Waals surface area contributed by atoms with Gasteiger partial charge in [0.2, 0.25) is 5.91 Å². The second-order valence-electron chi connectivity index (χ2n) is 7.29. The summed E-state index contributed by atoms with van der Waals surface area (Å²) in [5.41, 5.74) is 3.75. The van der Waals surface area contributed by atoms with Crippen LogP contribution in [0.1, 0.15) is 12.0 Å². The molecule has 38 heavy (non-hydrogen) atoms. The van der Waals surface area contributed by atoms with Gasteiger partial charge in [-0.1, -0.05) is 12.0 Å². The number of hydrogen-bond donors (Lipinski definition) is 7. The minimum absolute atomic E-state index is 0.00697. The molecule has 0 aliphatic rings. The molecule has 1 heterocycles. The van der Waals surface area contributed by atoms with Crippen molar-refractivity contribution in [2.24, 2.45) is 0 Å². The highest BCUT2D eigenvalue weighted by Gasteiger charge is 2.29. The monoisotopic (exact) mass is 528 g/mol. The number of hydroxylamine groups is 1. The SMILES string of the molecule is C#Cc1cccc(Nc2ncnc3cc(OC)c(OCCC(=O)NO)cc23)c1.O=C(O)C(O)C(O)C(=O)O. The lowest BCUT2D eigenvalue weighted by atomic mass is 10.2. The highest BCUT2D eigenvalue weighted by atomic mass is 16.5. The topological polar surface area (TPSA) is 221 Å². The number of aliphatic carboxylic acids is 2. The molecule has 0 saturated heterocycles. The lowest BCUT2D eigenvalue weighted by Gasteiger charge is -2.14. The van der Waals surface area contributed by atoms with Crippen molar-refractivity contribution in [3.05, 3.63) is 48.3 Å². The van der Waals surface area contributed by atoms with E-state index in [2.05, 4.69) is 21.2 Å². The number of aromatic nitrogens is 2. The molecule has 3 rings (SSSR count). The van der Waals surface area contributed by atoms with Gasteiger partial charge >= 0.3 is 11.9 Å². The molecule has 0 spiro atoms. The van der Waals surface area contributed by atoms with E-state index < -0.39 is 30.1 Å². The van der Waals surface area contributed by atoms with Crippen molar-refractivity contribution in [2.45, 2.75) is 18.6 Å². The molecule has 1 amide bonds. The van der Waals surface area contributed by atoms with Crippen LogP contribution in [0.2, 0.25) is 0 Å². The van der Waals surface area contributed by atoms with Crippen LogP contribution in [-0.2, 0) is 14.4 Å². The number of carbonyl (C=O) groups is 3. The number of carbonyl (C=O) groups excluding carboxylic acids is 1. The third-order valence-corrected chi connectivity index (χ3v) is 4.73. The van der Waals surface area contributed by atoms with Gasteiger partial charge in [-0.15, -0.1) is 6.42 Å². The third-order valence-electron chi connectivity index (χ3n) is 4.73. The van der Waals surface area contributed by atoms with Gasteiger partial charge in [-0.25, -0.2) is 25.0 Å². The van der Waals surface area contributed by atoms with Crippen molar-refractivity contribution >= 4 is 40.3 Å². The Kier molecular flexibility index (Phi) is 10.7. The van der Waals surface area contributed by atoms with Crippen molar-refractivity contribution in [1.82, 2.24) is 15.4 Å². The van der Waals surface area contributed by atoms with Crippen LogP contribution in [0.4, 0.5) is 11.5 Å². The Hall–Kier alpha value is -4.97. The van der Waals surface area contributed by atoms with Crippen LogP contribution in [-0.4, -0.2) is 79.4 Å². The second-order valence-corrected chi connectivity index (χ2v) is 7.29. The van der Waals surface area contributed by atoms with E-state index in [0.29, 0.717) is 28.2 Å². The van der Waals surface area contributed by atoms with Crippen LogP contribution < -0.4 is 20.3 Å². The molecule has 1 aromatic heterocycles. The van der Waals surface area contributed by atoms with Gasteiger partial charge in [-0.3, -0.25) is 10.0 Å². The number of amides is 1. The van der Waals surface area contributed by atoms with E-state index in [9.17, 15) is 14.4 Å². The molecular weight excluding hydrogens is 504 g/mol. The highest BCUT2D eigenvalue weighted by molar-refractivity contribution is 5.93. The van der Waals surface area contributed by atoms with Crippen LogP contribution in [0, 0.1) is 12.3 Å². The molecule has 14 nitrogen and oxygen atoms in total. The molecule has 0 bridgehead atoms. The molecule has 0 aliphatic heterocycles. The quantitative estimate of drug-likeness (QED) is 0.108. The van der Waals surface area contributed by atoms with Crippen molar-refractivity contribution in [3.8, 4) is 23.8 Å². The van der Waals surface area contributed by atoms with Crippen molar-refractivity contribution in [2.75, 3.05) is 19.0 Å². The summed E-state index contributed by atoms with van der Waals surface area (Å²) in [5.74, 6) is -0.0237. The van der Waals surface area contributed by atoms with Gasteiger partial charge in [0.25, 0.3) is 0 Å². The van der Waals surface area contributed by atoms with E-state index in [-0.39, 0.29) is 13.0 Å². The van der Waals surface area contributed by atoms with Gasteiger partial charge in [-0.2, -0.15) is 0 Å². The average Bonchev–Trinajstić information content (AvgIpc) is 2.92. The number of aliphatic hydroxyl groups is 2. The maximum Gasteiger partial charge on any atom is 0.335 e. The Balaban J connectivity index is 0.000000432. The summed E-state index contributed by atoms with van der Waals surface area (Å²) in [6.07, 6.45) is 2.36. The molecule has 0 fully saturated rings. The normalized spacial score (nSPS) is 11.7. The number of terminal acetylenes is 1. The first-order valence-corrected chi connectivity index (χ1v) is 10.6. The lowest BCUT2D eigenvalue weighted by Crippen LogP contribution is -2.39. The number of ether oxygens (including phenoxy) is 2.